The van der Waals surface area contributed by atoms with Gasteiger partial charge in [0.2, 0.25) is 0 Å². The van der Waals surface area contributed by atoms with Crippen LogP contribution in [-0.2, 0) is 22.4 Å². The molecule has 0 spiro atoms. The lowest BCUT2D eigenvalue weighted by molar-refractivity contribution is -0.139. The Hall–Kier alpha value is -3.73. The van der Waals surface area contributed by atoms with Gasteiger partial charge in [0.15, 0.2) is 0 Å². The van der Waals surface area contributed by atoms with Crippen LogP contribution in [0.25, 0.3) is 5.76 Å². The summed E-state index contributed by atoms with van der Waals surface area (Å²) in [7, 11) is 0. The summed E-state index contributed by atoms with van der Waals surface area (Å²) in [5, 5.41) is 11.0. The second kappa shape index (κ2) is 9.18. The van der Waals surface area contributed by atoms with Gasteiger partial charge >= 0.3 is 0 Å². The Morgan fingerprint density at radius 1 is 0.906 bits per heavy atom. The van der Waals surface area contributed by atoms with Gasteiger partial charge in [-0.3, -0.25) is 9.59 Å². The Balaban J connectivity index is 1.77. The molecule has 32 heavy (non-hydrogen) atoms. The molecule has 0 aliphatic carbocycles. The highest BCUT2D eigenvalue weighted by molar-refractivity contribution is 6.46. The number of likely N-dealkylation sites (tertiary alicyclic amines) is 1. The number of aliphatic hydroxyl groups excluding tert-OH is 1. The smallest absolute Gasteiger partial charge is 0.295 e. The van der Waals surface area contributed by atoms with Crippen LogP contribution in [0.5, 0.6) is 0 Å². The van der Waals surface area contributed by atoms with Gasteiger partial charge in [-0.1, -0.05) is 61.5 Å². The van der Waals surface area contributed by atoms with Gasteiger partial charge in [-0.2, -0.15) is 0 Å². The molecule has 1 fully saturated rings. The fourth-order valence-electron chi connectivity index (χ4n) is 4.05. The van der Waals surface area contributed by atoms with Crippen molar-refractivity contribution >= 4 is 17.4 Å². The fraction of sp³-hybridized carbons (Fsp3) is 0.185. The van der Waals surface area contributed by atoms with Crippen LogP contribution in [0.4, 0.5) is 4.39 Å². The molecule has 1 atom stereocenters. The third kappa shape index (κ3) is 4.19. The van der Waals surface area contributed by atoms with E-state index in [1.54, 1.807) is 0 Å². The van der Waals surface area contributed by atoms with Gasteiger partial charge in [-0.25, -0.2) is 4.39 Å². The first-order valence-corrected chi connectivity index (χ1v) is 10.7. The summed E-state index contributed by atoms with van der Waals surface area (Å²) in [4.78, 5) is 27.6. The lowest BCUT2D eigenvalue weighted by Gasteiger charge is -2.25. The number of aliphatic hydroxyl groups is 1. The maximum absolute atomic E-state index is 13.4. The van der Waals surface area contributed by atoms with Gasteiger partial charge in [0.1, 0.15) is 11.6 Å². The average Bonchev–Trinajstić information content (AvgIpc) is 3.08. The maximum Gasteiger partial charge on any atom is 0.295 e. The van der Waals surface area contributed by atoms with E-state index in [0.29, 0.717) is 18.5 Å². The minimum Gasteiger partial charge on any atom is -0.507 e. The Morgan fingerprint density at radius 2 is 1.56 bits per heavy atom. The summed E-state index contributed by atoms with van der Waals surface area (Å²) < 4.78 is 13.4. The molecule has 1 aliphatic rings. The van der Waals surface area contributed by atoms with Crippen molar-refractivity contribution < 1.29 is 19.1 Å². The Morgan fingerprint density at radius 3 is 2.19 bits per heavy atom. The number of benzene rings is 3. The summed E-state index contributed by atoms with van der Waals surface area (Å²) in [5.74, 6) is -2.12. The molecule has 4 rings (SSSR count). The Labute approximate surface area is 186 Å². The van der Waals surface area contributed by atoms with Crippen LogP contribution < -0.4 is 0 Å². The maximum atomic E-state index is 13.4. The van der Waals surface area contributed by atoms with Gasteiger partial charge in [0.25, 0.3) is 11.7 Å². The summed E-state index contributed by atoms with van der Waals surface area (Å²) >= 11 is 0. The standard InChI is InChI=1S/C27H24FNO3/c1-2-18-8-10-20(11-9-18)24-23(25(30)21-12-14-22(28)15-13-21)26(31)27(32)29(24)17-16-19-6-4-3-5-7-19/h3-15,24,30H,2,16-17H2,1H3. The number of amides is 1. The first kappa shape index (κ1) is 21.5. The number of aryl methyl sites for hydroxylation is 1. The van der Waals surface area contributed by atoms with Crippen LogP contribution in [0, 0.1) is 5.82 Å². The molecular formula is C27H24FNO3. The van der Waals surface area contributed by atoms with E-state index >= 15 is 0 Å². The first-order chi connectivity index (χ1) is 15.5. The van der Waals surface area contributed by atoms with E-state index in [9.17, 15) is 19.1 Å². The molecular weight excluding hydrogens is 405 g/mol. The van der Waals surface area contributed by atoms with Crippen LogP contribution in [0.2, 0.25) is 0 Å². The van der Waals surface area contributed by atoms with E-state index < -0.39 is 23.5 Å². The highest BCUT2D eigenvalue weighted by atomic mass is 19.1. The van der Waals surface area contributed by atoms with Crippen LogP contribution in [0.15, 0.2) is 84.4 Å². The molecule has 162 valence electrons. The van der Waals surface area contributed by atoms with E-state index in [2.05, 4.69) is 6.92 Å². The van der Waals surface area contributed by atoms with Crippen molar-refractivity contribution in [2.45, 2.75) is 25.8 Å². The largest absolute Gasteiger partial charge is 0.507 e. The number of hydrogen-bond acceptors (Lipinski definition) is 3. The van der Waals surface area contributed by atoms with Crippen molar-refractivity contribution in [2.75, 3.05) is 6.54 Å². The third-order valence-corrected chi connectivity index (χ3v) is 5.85. The molecule has 0 saturated carbocycles. The van der Waals surface area contributed by atoms with Crippen LogP contribution >= 0.6 is 0 Å². The number of rotatable bonds is 6. The lowest BCUT2D eigenvalue weighted by atomic mass is 9.94. The molecule has 4 nitrogen and oxygen atoms in total. The predicted octanol–water partition coefficient (Wildman–Crippen LogP) is 5.05. The van der Waals surface area contributed by atoms with Crippen molar-refractivity contribution in [1.29, 1.82) is 0 Å². The van der Waals surface area contributed by atoms with Crippen molar-refractivity contribution in [3.63, 3.8) is 0 Å². The SMILES string of the molecule is CCc1ccc(C2C(=C(O)c3ccc(F)cc3)C(=O)C(=O)N2CCc2ccccc2)cc1. The minimum atomic E-state index is -0.732. The summed E-state index contributed by atoms with van der Waals surface area (Å²) in [6.45, 7) is 2.38. The van der Waals surface area contributed by atoms with E-state index in [0.717, 1.165) is 23.1 Å². The molecule has 3 aromatic rings. The topological polar surface area (TPSA) is 57.6 Å². The highest BCUT2D eigenvalue weighted by Gasteiger charge is 2.45. The van der Waals surface area contributed by atoms with Crippen molar-refractivity contribution in [1.82, 2.24) is 4.90 Å². The quantitative estimate of drug-likeness (QED) is 0.339. The summed E-state index contributed by atoms with van der Waals surface area (Å²) in [5.41, 5.74) is 3.25. The normalized spacial score (nSPS) is 17.7. The average molecular weight is 429 g/mol. The first-order valence-electron chi connectivity index (χ1n) is 10.7. The highest BCUT2D eigenvalue weighted by Crippen LogP contribution is 2.39. The number of halogens is 1. The molecule has 0 aromatic heterocycles. The molecule has 0 radical (unpaired) electrons. The molecule has 1 aliphatic heterocycles. The number of hydrogen-bond donors (Lipinski definition) is 1. The van der Waals surface area contributed by atoms with Gasteiger partial charge in [0.05, 0.1) is 11.6 Å². The third-order valence-electron chi connectivity index (χ3n) is 5.85. The number of carbonyl (C=O) groups excluding carboxylic acids is 2. The van der Waals surface area contributed by atoms with E-state index in [1.807, 2.05) is 54.6 Å². The monoisotopic (exact) mass is 429 g/mol. The lowest BCUT2D eigenvalue weighted by Crippen LogP contribution is -2.31. The zero-order valence-electron chi connectivity index (χ0n) is 17.8. The number of Topliss-reactive ketones (excluding diaryl/α,β-unsaturated/α-hetero) is 1. The second-order valence-electron chi connectivity index (χ2n) is 7.83. The Kier molecular flexibility index (Phi) is 6.17. The number of ketones is 1. The molecule has 1 saturated heterocycles. The predicted molar refractivity (Wildman–Crippen MR) is 121 cm³/mol. The Bertz CT molecular complexity index is 1150. The van der Waals surface area contributed by atoms with E-state index in [4.69, 9.17) is 0 Å². The van der Waals surface area contributed by atoms with Crippen LogP contribution in [-0.4, -0.2) is 28.2 Å². The minimum absolute atomic E-state index is 0.0268. The van der Waals surface area contributed by atoms with E-state index in [1.165, 1.54) is 29.2 Å². The fourth-order valence-corrected chi connectivity index (χ4v) is 4.05. The summed E-state index contributed by atoms with van der Waals surface area (Å²) in [6.07, 6.45) is 1.44. The molecule has 1 heterocycles. The van der Waals surface area contributed by atoms with Crippen LogP contribution in [0.1, 0.15) is 35.2 Å². The molecule has 1 N–H and O–H groups in total. The molecule has 3 aromatic carbocycles. The second-order valence-corrected chi connectivity index (χ2v) is 7.83. The zero-order valence-corrected chi connectivity index (χ0v) is 17.8. The van der Waals surface area contributed by atoms with Crippen molar-refractivity contribution in [3.8, 4) is 0 Å². The van der Waals surface area contributed by atoms with E-state index in [-0.39, 0.29) is 11.3 Å². The zero-order chi connectivity index (χ0) is 22.7. The van der Waals surface area contributed by atoms with Crippen molar-refractivity contribution in [3.05, 3.63) is 113 Å². The number of nitrogens with zero attached hydrogens (tertiary/aromatic N) is 1. The number of carbonyl (C=O) groups is 2. The molecule has 5 heteroatoms. The molecule has 1 unspecified atom stereocenters. The van der Waals surface area contributed by atoms with Gasteiger partial charge in [0, 0.05) is 12.1 Å². The van der Waals surface area contributed by atoms with Gasteiger partial charge in [-0.15, -0.1) is 0 Å². The van der Waals surface area contributed by atoms with Crippen LogP contribution in [0.3, 0.4) is 0 Å². The summed E-state index contributed by atoms with van der Waals surface area (Å²) in [6, 6.07) is 22.0. The van der Waals surface area contributed by atoms with Crippen molar-refractivity contribution in [2.24, 2.45) is 0 Å². The molecule has 0 bridgehead atoms. The molecule has 1 amide bonds. The van der Waals surface area contributed by atoms with Gasteiger partial charge < -0.3 is 10.0 Å². The van der Waals surface area contributed by atoms with Gasteiger partial charge in [-0.05, 0) is 53.8 Å².